The molecule has 4 aromatic carbocycles. The highest BCUT2D eigenvalue weighted by atomic mass is 19.4. The van der Waals surface area contributed by atoms with Gasteiger partial charge >= 0.3 is 6.36 Å². The molecule has 0 bridgehead atoms. The Morgan fingerprint density at radius 2 is 1.44 bits per heavy atom. The fraction of sp³-hybridized carbons (Fsp3) is 0.156. The Kier molecular flexibility index (Phi) is 10.00. The van der Waals surface area contributed by atoms with E-state index in [0.29, 0.717) is 11.1 Å². The van der Waals surface area contributed by atoms with E-state index in [1.165, 1.54) is 30.3 Å². The minimum Gasteiger partial charge on any atom is -0.406 e. The van der Waals surface area contributed by atoms with Crippen LogP contribution in [0, 0.1) is 5.53 Å². The zero-order valence-electron chi connectivity index (χ0n) is 22.9. The summed E-state index contributed by atoms with van der Waals surface area (Å²) in [4.78, 5) is 31.2. The molecule has 0 aliphatic carbocycles. The molecule has 0 fully saturated rings. The van der Waals surface area contributed by atoms with E-state index in [-0.39, 0.29) is 36.9 Å². The SMILES string of the molecule is N=NC(N)=NC(=O)c1ccc(CN(CC(c2ccccc2)c2ccccc2)C(=O)Cc2cccc(OC(F)(F)F)c2)cc1. The maximum absolute atomic E-state index is 13.8. The third-order valence-corrected chi connectivity index (χ3v) is 6.55. The Bertz CT molecular complexity index is 1540. The lowest BCUT2D eigenvalue weighted by atomic mass is 9.90. The van der Waals surface area contributed by atoms with E-state index in [1.807, 2.05) is 60.7 Å². The number of benzene rings is 4. The Balaban J connectivity index is 1.64. The summed E-state index contributed by atoms with van der Waals surface area (Å²) in [6.07, 6.45) is -5.01. The molecule has 4 rings (SSSR count). The van der Waals surface area contributed by atoms with Gasteiger partial charge in [0.1, 0.15) is 5.75 Å². The van der Waals surface area contributed by atoms with Crippen LogP contribution < -0.4 is 10.5 Å². The van der Waals surface area contributed by atoms with Crippen LogP contribution in [-0.2, 0) is 17.8 Å². The standard InChI is InChI=1S/C32H28F3N5O3/c33-32(34,35)43-27-13-7-8-23(18-27)19-29(41)40(20-22-14-16-26(17-15-22)30(42)38-31(36)39-37)21-28(24-9-3-1-4-10-24)25-11-5-2-6-12-25/h1-18,28,37H,19-21H2,(H2,36,38,42). The molecule has 0 saturated carbocycles. The predicted octanol–water partition coefficient (Wildman–Crippen LogP) is 6.47. The number of ether oxygens (including phenoxy) is 1. The van der Waals surface area contributed by atoms with Crippen LogP contribution in [0.5, 0.6) is 5.75 Å². The highest BCUT2D eigenvalue weighted by Crippen LogP contribution is 2.28. The topological polar surface area (TPSA) is 121 Å². The number of guanidine groups is 1. The van der Waals surface area contributed by atoms with Crippen LogP contribution in [0.2, 0.25) is 0 Å². The summed E-state index contributed by atoms with van der Waals surface area (Å²) >= 11 is 0. The van der Waals surface area contributed by atoms with Crippen LogP contribution in [-0.4, -0.2) is 35.6 Å². The molecule has 0 saturated heterocycles. The zero-order chi connectivity index (χ0) is 30.8. The van der Waals surface area contributed by atoms with Crippen LogP contribution in [0.25, 0.3) is 0 Å². The van der Waals surface area contributed by atoms with Gasteiger partial charge in [0.2, 0.25) is 11.9 Å². The molecule has 11 heteroatoms. The summed E-state index contributed by atoms with van der Waals surface area (Å²) < 4.78 is 42.4. The predicted molar refractivity (Wildman–Crippen MR) is 155 cm³/mol. The Morgan fingerprint density at radius 3 is 2.00 bits per heavy atom. The molecule has 0 spiro atoms. The van der Waals surface area contributed by atoms with Crippen molar-refractivity contribution < 1.29 is 27.5 Å². The average Bonchev–Trinajstić information content (AvgIpc) is 2.99. The van der Waals surface area contributed by atoms with Crippen LogP contribution in [0.4, 0.5) is 13.2 Å². The third kappa shape index (κ3) is 9.09. The van der Waals surface area contributed by atoms with Gasteiger partial charge in [0.15, 0.2) is 0 Å². The number of amides is 2. The van der Waals surface area contributed by atoms with Gasteiger partial charge in [-0.15, -0.1) is 18.3 Å². The average molecular weight is 588 g/mol. The number of carbonyl (C=O) groups is 2. The first kappa shape index (κ1) is 30.6. The molecule has 2 amide bonds. The molecule has 0 unspecified atom stereocenters. The minimum atomic E-state index is -4.85. The van der Waals surface area contributed by atoms with E-state index in [4.69, 9.17) is 11.3 Å². The molecule has 0 radical (unpaired) electrons. The van der Waals surface area contributed by atoms with E-state index in [9.17, 15) is 22.8 Å². The van der Waals surface area contributed by atoms with E-state index >= 15 is 0 Å². The molecule has 4 aromatic rings. The molecule has 3 N–H and O–H groups in total. The van der Waals surface area contributed by atoms with Crippen molar-refractivity contribution in [2.45, 2.75) is 25.2 Å². The zero-order valence-corrected chi connectivity index (χ0v) is 22.9. The number of aliphatic imine (C=N–C) groups is 1. The van der Waals surface area contributed by atoms with Gasteiger partial charge in [-0.3, -0.25) is 9.59 Å². The first-order valence-electron chi connectivity index (χ1n) is 13.2. The van der Waals surface area contributed by atoms with Crippen molar-refractivity contribution in [2.75, 3.05) is 6.54 Å². The molecule has 43 heavy (non-hydrogen) atoms. The maximum Gasteiger partial charge on any atom is 0.573 e. The summed E-state index contributed by atoms with van der Waals surface area (Å²) in [5, 5.41) is 2.91. The summed E-state index contributed by atoms with van der Waals surface area (Å²) in [6, 6.07) is 31.2. The van der Waals surface area contributed by atoms with Gasteiger partial charge in [0, 0.05) is 24.6 Å². The van der Waals surface area contributed by atoms with E-state index < -0.39 is 24.0 Å². The molecule has 0 aromatic heterocycles. The first-order chi connectivity index (χ1) is 20.6. The smallest absolute Gasteiger partial charge is 0.406 e. The first-order valence-corrected chi connectivity index (χ1v) is 13.2. The van der Waals surface area contributed by atoms with Gasteiger partial charge in [-0.05, 0) is 46.5 Å². The van der Waals surface area contributed by atoms with Crippen LogP contribution >= 0.6 is 0 Å². The number of hydrogen-bond donors (Lipinski definition) is 2. The number of hydrogen-bond acceptors (Lipinski definition) is 4. The maximum atomic E-state index is 13.8. The van der Waals surface area contributed by atoms with Gasteiger partial charge < -0.3 is 15.4 Å². The molecule has 220 valence electrons. The summed E-state index contributed by atoms with van der Waals surface area (Å²) in [5.41, 5.74) is 15.5. The van der Waals surface area contributed by atoms with Crippen molar-refractivity contribution in [2.24, 2.45) is 15.8 Å². The second-order valence-corrected chi connectivity index (χ2v) is 9.60. The summed E-state index contributed by atoms with van der Waals surface area (Å²) in [5.74, 6) is -2.04. The molecule has 0 atom stereocenters. The lowest BCUT2D eigenvalue weighted by molar-refractivity contribution is -0.274. The van der Waals surface area contributed by atoms with Crippen LogP contribution in [0.15, 0.2) is 119 Å². The fourth-order valence-electron chi connectivity index (χ4n) is 4.55. The van der Waals surface area contributed by atoms with Crippen molar-refractivity contribution in [1.29, 1.82) is 5.53 Å². The summed E-state index contributed by atoms with van der Waals surface area (Å²) in [6.45, 7) is 0.438. The second kappa shape index (κ2) is 14.0. The van der Waals surface area contributed by atoms with Crippen molar-refractivity contribution in [3.05, 3.63) is 137 Å². The Morgan fingerprint density at radius 1 is 0.837 bits per heavy atom. The van der Waals surface area contributed by atoms with Gasteiger partial charge in [0.25, 0.3) is 5.91 Å². The highest BCUT2D eigenvalue weighted by Gasteiger charge is 2.31. The van der Waals surface area contributed by atoms with Gasteiger partial charge in [-0.2, -0.15) is 4.99 Å². The van der Waals surface area contributed by atoms with Crippen molar-refractivity contribution >= 4 is 17.8 Å². The molecule has 0 aliphatic heterocycles. The Hall–Kier alpha value is -5.32. The molecule has 0 aliphatic rings. The number of nitrogens with one attached hydrogen (secondary N) is 1. The number of nitrogens with two attached hydrogens (primary N) is 1. The van der Waals surface area contributed by atoms with Gasteiger partial charge in [0.05, 0.1) is 6.42 Å². The van der Waals surface area contributed by atoms with Crippen molar-refractivity contribution in [1.82, 2.24) is 4.90 Å². The Labute approximate surface area is 246 Å². The quantitative estimate of drug-likeness (QED) is 0.125. The summed E-state index contributed by atoms with van der Waals surface area (Å²) in [7, 11) is 0. The van der Waals surface area contributed by atoms with Gasteiger partial charge in [-0.1, -0.05) is 84.9 Å². The van der Waals surface area contributed by atoms with E-state index in [1.54, 1.807) is 23.1 Å². The monoisotopic (exact) mass is 587 g/mol. The molecule has 0 heterocycles. The molecule has 8 nitrogen and oxygen atoms in total. The van der Waals surface area contributed by atoms with E-state index in [2.05, 4.69) is 14.8 Å². The number of alkyl halides is 3. The fourth-order valence-corrected chi connectivity index (χ4v) is 4.55. The third-order valence-electron chi connectivity index (χ3n) is 6.55. The normalized spacial score (nSPS) is 11.7. The van der Waals surface area contributed by atoms with Crippen molar-refractivity contribution in [3.8, 4) is 5.75 Å². The molecular formula is C32H28F3N5O3. The van der Waals surface area contributed by atoms with Crippen LogP contribution in [0.3, 0.4) is 0 Å². The number of carbonyl (C=O) groups excluding carboxylic acids is 2. The van der Waals surface area contributed by atoms with Crippen LogP contribution in [0.1, 0.15) is 38.5 Å². The second-order valence-electron chi connectivity index (χ2n) is 9.60. The molecular weight excluding hydrogens is 559 g/mol. The largest absolute Gasteiger partial charge is 0.573 e. The lowest BCUT2D eigenvalue weighted by Crippen LogP contribution is -2.35. The lowest BCUT2D eigenvalue weighted by Gasteiger charge is -2.29. The van der Waals surface area contributed by atoms with E-state index in [0.717, 1.165) is 11.1 Å². The number of halogens is 3. The van der Waals surface area contributed by atoms with Crippen molar-refractivity contribution in [3.63, 3.8) is 0 Å². The van der Waals surface area contributed by atoms with Gasteiger partial charge in [-0.25, -0.2) is 5.53 Å². The number of nitrogens with zero attached hydrogens (tertiary/aromatic N) is 3. The highest BCUT2D eigenvalue weighted by molar-refractivity contribution is 6.02. The number of rotatable bonds is 10. The minimum absolute atomic E-state index is 0.160.